The van der Waals surface area contributed by atoms with E-state index < -0.39 is 41.2 Å². The van der Waals surface area contributed by atoms with Gasteiger partial charge in [-0.15, -0.1) is 0 Å². The summed E-state index contributed by atoms with van der Waals surface area (Å²) >= 11 is 0. The molecule has 10 rings (SSSR count). The fourth-order valence-corrected chi connectivity index (χ4v) is 14.4. The van der Waals surface area contributed by atoms with Gasteiger partial charge in [0, 0.05) is 61.1 Å². The number of hydrogen-bond donors (Lipinski definition) is 3. The molecule has 70 heavy (non-hydrogen) atoms. The molecule has 17 nitrogen and oxygen atoms in total. The number of pyridine rings is 2. The second-order valence-corrected chi connectivity index (χ2v) is 24.5. The van der Waals surface area contributed by atoms with Gasteiger partial charge in [0.25, 0.3) is 15.9 Å². The lowest BCUT2D eigenvalue weighted by atomic mass is 9.59. The number of aromatic nitrogens is 3. The molecule has 2 aliphatic carbocycles. The van der Waals surface area contributed by atoms with Gasteiger partial charge in [0.2, 0.25) is 5.82 Å². The van der Waals surface area contributed by atoms with Crippen LogP contribution in [0.2, 0.25) is 0 Å². The smallest absolute Gasteiger partial charge is 0.312 e. The number of carbonyl (C=O) groups is 1. The molecule has 0 unspecified atom stereocenters. The molecular formula is C51H63N9O8S2. The molecule has 5 aromatic rings. The number of piperidine rings is 1. The number of nitrogens with one attached hydrogen (secondary N) is 3. The molecule has 372 valence electrons. The summed E-state index contributed by atoms with van der Waals surface area (Å²) in [6.45, 7) is 8.68. The third-order valence-corrected chi connectivity index (χ3v) is 19.1. The number of sulfonamides is 1. The number of nitro groups is 1. The molecule has 1 atom stereocenters. The van der Waals surface area contributed by atoms with E-state index in [0.29, 0.717) is 66.1 Å². The van der Waals surface area contributed by atoms with Gasteiger partial charge in [0.15, 0.2) is 0 Å². The van der Waals surface area contributed by atoms with Crippen molar-refractivity contribution in [3.8, 4) is 11.5 Å². The predicted octanol–water partition coefficient (Wildman–Crippen LogP) is 8.96. The van der Waals surface area contributed by atoms with Crippen LogP contribution in [0.1, 0.15) is 112 Å². The lowest BCUT2D eigenvalue weighted by Gasteiger charge is -2.56. The summed E-state index contributed by atoms with van der Waals surface area (Å²) in [5.41, 5.74) is 4.17. The highest BCUT2D eigenvalue weighted by atomic mass is 32.2. The van der Waals surface area contributed by atoms with Crippen LogP contribution in [0.4, 0.5) is 17.2 Å². The summed E-state index contributed by atoms with van der Waals surface area (Å²) in [6, 6.07) is 19.7. The van der Waals surface area contributed by atoms with E-state index in [4.69, 9.17) is 13.8 Å². The van der Waals surface area contributed by atoms with Gasteiger partial charge < -0.3 is 24.7 Å². The highest BCUT2D eigenvalue weighted by Crippen LogP contribution is 2.54. The van der Waals surface area contributed by atoms with Gasteiger partial charge in [-0.25, -0.2) is 31.7 Å². The Morgan fingerprint density at radius 2 is 1.77 bits per heavy atom. The quantitative estimate of drug-likeness (QED) is 0.0701. The molecule has 3 aliphatic heterocycles. The van der Waals surface area contributed by atoms with Crippen molar-refractivity contribution in [2.45, 2.75) is 107 Å². The number of carbonyl (C=O) groups excluding carboxylic acids is 1. The molecule has 0 radical (unpaired) electrons. The fraction of sp³-hybridized carbons (Fsp3) is 0.510. The molecule has 0 bridgehead atoms. The number of H-pyrrole nitrogens is 1. The summed E-state index contributed by atoms with van der Waals surface area (Å²) in [5, 5.41) is 16.1. The molecule has 1 amide bonds. The van der Waals surface area contributed by atoms with Crippen LogP contribution in [0.5, 0.6) is 11.5 Å². The van der Waals surface area contributed by atoms with Crippen LogP contribution in [0, 0.1) is 21.4 Å². The third-order valence-electron chi connectivity index (χ3n) is 15.5. The zero-order valence-electron chi connectivity index (χ0n) is 39.9. The zero-order chi connectivity index (χ0) is 48.6. The fourth-order valence-electron chi connectivity index (χ4n) is 11.6. The number of ether oxygens (including phenoxy) is 2. The molecule has 2 aromatic carbocycles. The van der Waals surface area contributed by atoms with Crippen LogP contribution in [0.25, 0.3) is 11.0 Å². The van der Waals surface area contributed by atoms with Crippen LogP contribution in [0.15, 0.2) is 88.5 Å². The Morgan fingerprint density at radius 3 is 2.53 bits per heavy atom. The second kappa shape index (κ2) is 19.9. The van der Waals surface area contributed by atoms with E-state index in [0.717, 1.165) is 81.5 Å². The van der Waals surface area contributed by atoms with Crippen molar-refractivity contribution in [1.29, 1.82) is 0 Å². The van der Waals surface area contributed by atoms with Gasteiger partial charge in [-0.2, -0.15) is 0 Å². The molecule has 3 saturated heterocycles. The van der Waals surface area contributed by atoms with Gasteiger partial charge in [0.1, 0.15) is 22.0 Å². The van der Waals surface area contributed by atoms with Crippen LogP contribution >= 0.6 is 0 Å². The highest BCUT2D eigenvalue weighted by Gasteiger charge is 2.50. The van der Waals surface area contributed by atoms with Crippen molar-refractivity contribution in [3.63, 3.8) is 0 Å². The van der Waals surface area contributed by atoms with Crippen LogP contribution < -0.4 is 19.7 Å². The maximum atomic E-state index is 14.1. The van der Waals surface area contributed by atoms with E-state index in [-0.39, 0.29) is 29.1 Å². The monoisotopic (exact) mass is 993 g/mol. The van der Waals surface area contributed by atoms with Crippen molar-refractivity contribution in [1.82, 2.24) is 24.6 Å². The summed E-state index contributed by atoms with van der Waals surface area (Å²) in [6.07, 6.45) is 14.3. The summed E-state index contributed by atoms with van der Waals surface area (Å²) in [4.78, 5) is 41.9. The van der Waals surface area contributed by atoms with Crippen LogP contribution in [0.3, 0.4) is 0 Å². The Labute approximate surface area is 409 Å². The molecule has 3 N–H and O–H groups in total. The first-order chi connectivity index (χ1) is 33.7. The van der Waals surface area contributed by atoms with Crippen molar-refractivity contribution >= 4 is 53.9 Å². The third kappa shape index (κ3) is 10.3. The lowest BCUT2D eigenvalue weighted by Crippen LogP contribution is -2.54. The number of anilines is 2. The Kier molecular flexibility index (Phi) is 13.6. The van der Waals surface area contributed by atoms with E-state index in [2.05, 4.69) is 72.9 Å². The number of likely N-dealkylation sites (tertiary alicyclic amines) is 1. The van der Waals surface area contributed by atoms with Gasteiger partial charge in [-0.3, -0.25) is 19.8 Å². The number of benzene rings is 2. The average molecular weight is 994 g/mol. The van der Waals surface area contributed by atoms with E-state index in [1.54, 1.807) is 24.4 Å². The number of rotatable bonds is 14. The molecule has 1 spiro atoms. The topological polar surface area (TPSA) is 214 Å². The van der Waals surface area contributed by atoms with E-state index in [1.165, 1.54) is 43.0 Å². The summed E-state index contributed by atoms with van der Waals surface area (Å²) < 4.78 is 59.3. The van der Waals surface area contributed by atoms with Gasteiger partial charge >= 0.3 is 5.69 Å². The first-order valence-corrected chi connectivity index (χ1v) is 28.2. The van der Waals surface area contributed by atoms with Crippen LogP contribution in [-0.2, 0) is 24.5 Å². The molecule has 19 heteroatoms. The van der Waals surface area contributed by atoms with Crippen molar-refractivity contribution in [3.05, 3.63) is 106 Å². The summed E-state index contributed by atoms with van der Waals surface area (Å²) in [5.74, 6) is 1.02. The Hall–Kier alpha value is -5.63. The minimum absolute atomic E-state index is 0.0107. The predicted molar refractivity (Wildman–Crippen MR) is 270 cm³/mol. The number of aromatic amines is 1. The molecule has 5 aliphatic rings. The minimum atomic E-state index is -4.65. The molecular weight excluding hydrogens is 931 g/mol. The van der Waals surface area contributed by atoms with Gasteiger partial charge in [-0.1, -0.05) is 38.1 Å². The maximum absolute atomic E-state index is 14.1. The van der Waals surface area contributed by atoms with Gasteiger partial charge in [-0.05, 0) is 123 Å². The minimum Gasteiger partial charge on any atom is -0.455 e. The highest BCUT2D eigenvalue weighted by molar-refractivity contribution is 7.93. The van der Waals surface area contributed by atoms with Crippen molar-refractivity contribution < 1.29 is 31.8 Å². The zero-order valence-corrected chi connectivity index (χ0v) is 41.5. The number of hydrogen-bond acceptors (Lipinski definition) is 14. The van der Waals surface area contributed by atoms with E-state index in [9.17, 15) is 27.5 Å². The first-order valence-electron chi connectivity index (χ1n) is 24.8. The first kappa shape index (κ1) is 48.0. The van der Waals surface area contributed by atoms with E-state index in [1.807, 2.05) is 12.1 Å². The van der Waals surface area contributed by atoms with Crippen LogP contribution in [-0.4, -0.2) is 106 Å². The van der Waals surface area contributed by atoms with Gasteiger partial charge in [0.05, 0.1) is 63.4 Å². The lowest BCUT2D eigenvalue weighted by molar-refractivity contribution is -0.384. The Morgan fingerprint density at radius 1 is 1.00 bits per heavy atom. The second-order valence-electron chi connectivity index (χ2n) is 20.3. The largest absolute Gasteiger partial charge is 0.455 e. The Bertz CT molecular complexity index is 2970. The normalized spacial score (nSPS) is 22.7. The summed E-state index contributed by atoms with van der Waals surface area (Å²) in [7, 11) is -6.90. The van der Waals surface area contributed by atoms with E-state index >= 15 is 0 Å². The average Bonchev–Trinajstić information content (AvgIpc) is 4.03. The number of fused-ring (bicyclic) bond motifs is 1. The molecule has 5 fully saturated rings. The molecule has 6 heterocycles. The maximum Gasteiger partial charge on any atom is 0.312 e. The number of nitrogens with zero attached hydrogens (tertiary/aromatic N) is 6. The number of amides is 1. The molecule has 3 aromatic heterocycles. The standard InChI is InChI=1S/C51H63N9O8S2/c1-34(2)42-6-3-4-7-43(42)45-8-5-19-59(45)39-29-51(30-39)16-20-58(21-17-51)38-13-14-44(47(27-38)68-40-26-36-15-18-52-48(36)54-32-40)50(61)57-70(65,66)41-28-46(60(62)63)49(55-33-41)53-31-35-9-11-37(12-10-35)56-69(64)24-22-67-23-25-69/h3-4,6-7,13-15,18,26-28,32-35,37,39,45H,5,8-12,16-17,19-25,29-31H2,1-2H3,(H,52,54)(H,53,55)(H,57,61)/t35?,37?,45-/m1/s1. The van der Waals surface area contributed by atoms with Crippen molar-refractivity contribution in [2.75, 3.05) is 61.1 Å². The van der Waals surface area contributed by atoms with Crippen molar-refractivity contribution in [2.24, 2.45) is 15.7 Å². The molecule has 2 saturated carbocycles. The SMILES string of the molecule is CC(C)c1ccccc1[C@H]1CCCN1C1CC2(CCN(c3ccc(C(=O)NS(=O)(=O)c4cnc(NCC5CCC(N=S6(=O)CCOCC6)CC5)c([N+](=O)[O-])c4)c(Oc4cnc5[nH]ccc5c4)c3)CC2)C1. The Balaban J connectivity index is 0.807.